The highest BCUT2D eigenvalue weighted by Crippen LogP contribution is 2.37. The van der Waals surface area contributed by atoms with Gasteiger partial charge in [0.1, 0.15) is 0 Å². The van der Waals surface area contributed by atoms with E-state index < -0.39 is 12.2 Å². The lowest BCUT2D eigenvalue weighted by Crippen LogP contribution is -2.63. The number of piperazine rings is 1. The highest BCUT2D eigenvalue weighted by Gasteiger charge is 2.53. The standard InChI is InChI=1S/C29H34ClN7O2/c1-32-26-25(27(38)33(2)29(32)39)37-20-24(21-8-4-3-5-9-21)36(28(37)31-26)15-7-6-14-34-16-18-35(19-17-34)23-12-10-22(30)11-13-23/h3-5,8-13,20,25-26H,6-7,14-19H2,1-2H3. The predicted octanol–water partition coefficient (Wildman–Crippen LogP) is 3.45. The molecule has 2 fully saturated rings. The number of hydrogen-bond acceptors (Lipinski definition) is 7. The summed E-state index contributed by atoms with van der Waals surface area (Å²) in [7, 11) is 3.26. The van der Waals surface area contributed by atoms with Crippen molar-refractivity contribution < 1.29 is 9.59 Å². The number of guanidine groups is 1. The molecule has 10 heteroatoms. The number of urea groups is 1. The molecule has 0 spiro atoms. The van der Waals surface area contributed by atoms with E-state index in [2.05, 4.69) is 39.0 Å². The van der Waals surface area contributed by atoms with Gasteiger partial charge in [-0.3, -0.25) is 14.6 Å². The summed E-state index contributed by atoms with van der Waals surface area (Å²) in [5.41, 5.74) is 3.36. The summed E-state index contributed by atoms with van der Waals surface area (Å²) in [5, 5.41) is 0.769. The number of benzene rings is 2. The highest BCUT2D eigenvalue weighted by molar-refractivity contribution is 6.30. The van der Waals surface area contributed by atoms with E-state index in [4.69, 9.17) is 16.6 Å². The van der Waals surface area contributed by atoms with Gasteiger partial charge in [0.2, 0.25) is 5.96 Å². The number of likely N-dealkylation sites (N-methyl/N-ethyl adjacent to an activating group) is 2. The molecule has 0 saturated carbocycles. The molecule has 6 rings (SSSR count). The van der Waals surface area contributed by atoms with Crippen molar-refractivity contribution in [3.8, 4) is 0 Å². The number of carbonyl (C=O) groups is 2. The Labute approximate surface area is 234 Å². The summed E-state index contributed by atoms with van der Waals surface area (Å²) in [6, 6.07) is 17.5. The highest BCUT2D eigenvalue weighted by atomic mass is 35.5. The number of carbonyl (C=O) groups excluding carboxylic acids is 2. The van der Waals surface area contributed by atoms with Crippen molar-refractivity contribution in [2.24, 2.45) is 4.99 Å². The van der Waals surface area contributed by atoms with E-state index >= 15 is 0 Å². The zero-order valence-electron chi connectivity index (χ0n) is 22.4. The van der Waals surface area contributed by atoms with Crippen molar-refractivity contribution >= 4 is 40.9 Å². The average Bonchev–Trinajstić information content (AvgIpc) is 3.51. The lowest BCUT2D eigenvalue weighted by molar-refractivity contribution is -0.135. The van der Waals surface area contributed by atoms with Crippen LogP contribution >= 0.6 is 11.6 Å². The van der Waals surface area contributed by atoms with Gasteiger partial charge in [-0.25, -0.2) is 9.79 Å². The minimum absolute atomic E-state index is 0.217. The number of amides is 3. The van der Waals surface area contributed by atoms with Crippen LogP contribution in [0.15, 0.2) is 65.8 Å². The van der Waals surface area contributed by atoms with Crippen LogP contribution < -0.4 is 4.90 Å². The fourth-order valence-corrected chi connectivity index (χ4v) is 6.04. The first-order valence-corrected chi connectivity index (χ1v) is 14.0. The Balaban J connectivity index is 1.09. The molecular weight excluding hydrogens is 514 g/mol. The topological polar surface area (TPSA) is 65.9 Å². The smallest absolute Gasteiger partial charge is 0.328 e. The van der Waals surface area contributed by atoms with Gasteiger partial charge in [-0.2, -0.15) is 0 Å². The van der Waals surface area contributed by atoms with Crippen molar-refractivity contribution in [3.63, 3.8) is 0 Å². The van der Waals surface area contributed by atoms with E-state index in [1.807, 2.05) is 41.4 Å². The maximum Gasteiger partial charge on any atom is 0.328 e. The fourth-order valence-electron chi connectivity index (χ4n) is 5.91. The van der Waals surface area contributed by atoms with Gasteiger partial charge in [0, 0.05) is 63.7 Å². The Bertz CT molecular complexity index is 1290. The summed E-state index contributed by atoms with van der Waals surface area (Å²) in [6.45, 7) is 5.95. The number of fused-ring (bicyclic) bond motifs is 3. The third-order valence-electron chi connectivity index (χ3n) is 8.16. The van der Waals surface area contributed by atoms with Gasteiger partial charge in [0.15, 0.2) is 12.2 Å². The summed E-state index contributed by atoms with van der Waals surface area (Å²) in [4.78, 5) is 42.5. The van der Waals surface area contributed by atoms with Gasteiger partial charge >= 0.3 is 6.03 Å². The first-order valence-electron chi connectivity index (χ1n) is 13.6. The van der Waals surface area contributed by atoms with Crippen LogP contribution in [0.3, 0.4) is 0 Å². The molecule has 0 N–H and O–H groups in total. The van der Waals surface area contributed by atoms with Crippen molar-refractivity contribution in [1.82, 2.24) is 24.5 Å². The van der Waals surface area contributed by atoms with Crippen molar-refractivity contribution in [3.05, 3.63) is 71.4 Å². The van der Waals surface area contributed by atoms with Crippen LogP contribution in [0.2, 0.25) is 5.02 Å². The largest absolute Gasteiger partial charge is 0.369 e. The number of anilines is 1. The summed E-state index contributed by atoms with van der Waals surface area (Å²) in [6.07, 6.45) is 3.58. The Kier molecular flexibility index (Phi) is 6.95. The van der Waals surface area contributed by atoms with E-state index in [1.165, 1.54) is 10.6 Å². The molecule has 2 atom stereocenters. The minimum Gasteiger partial charge on any atom is -0.369 e. The molecule has 4 aliphatic rings. The Morgan fingerprint density at radius 1 is 0.897 bits per heavy atom. The maximum atomic E-state index is 13.1. The summed E-state index contributed by atoms with van der Waals surface area (Å²) in [5.74, 6) is 0.536. The first-order chi connectivity index (χ1) is 18.9. The molecule has 9 nitrogen and oxygen atoms in total. The second-order valence-corrected chi connectivity index (χ2v) is 11.0. The van der Waals surface area contributed by atoms with E-state index in [1.54, 1.807) is 19.0 Å². The Morgan fingerprint density at radius 2 is 1.59 bits per heavy atom. The van der Waals surface area contributed by atoms with Crippen LogP contribution in [0.4, 0.5) is 10.5 Å². The molecule has 39 heavy (non-hydrogen) atoms. The van der Waals surface area contributed by atoms with E-state index in [-0.39, 0.29) is 11.9 Å². The third kappa shape index (κ3) is 4.74. The Hall–Kier alpha value is -3.56. The normalized spacial score (nSPS) is 23.3. The van der Waals surface area contributed by atoms with Crippen LogP contribution in [0.5, 0.6) is 0 Å². The average molecular weight is 548 g/mol. The lowest BCUT2D eigenvalue weighted by Gasteiger charge is -2.38. The fraction of sp³-hybridized carbons (Fsp3) is 0.414. The molecule has 2 aromatic carbocycles. The number of aliphatic imine (C=N–C) groups is 1. The number of nitrogens with zero attached hydrogens (tertiary/aromatic N) is 7. The lowest BCUT2D eigenvalue weighted by atomic mass is 10.1. The SMILES string of the molecule is CN1C(=O)C2C(N=C3N(CCCCN4CCN(c5ccc(Cl)cc5)CC4)C(c4ccccc4)=CN32)N(C)C1=O. The predicted molar refractivity (Wildman–Crippen MR) is 153 cm³/mol. The van der Waals surface area contributed by atoms with Gasteiger partial charge in [0.05, 0.1) is 5.70 Å². The number of imide groups is 1. The third-order valence-corrected chi connectivity index (χ3v) is 8.42. The zero-order chi connectivity index (χ0) is 27.1. The number of rotatable bonds is 7. The molecule has 0 aromatic heterocycles. The molecule has 4 aliphatic heterocycles. The molecule has 3 amide bonds. The van der Waals surface area contributed by atoms with E-state index in [0.717, 1.165) is 74.4 Å². The number of halogens is 1. The zero-order valence-corrected chi connectivity index (χ0v) is 23.2. The summed E-state index contributed by atoms with van der Waals surface area (Å²) < 4.78 is 0. The maximum absolute atomic E-state index is 13.1. The number of hydrogen-bond donors (Lipinski definition) is 0. The van der Waals surface area contributed by atoms with Gasteiger partial charge in [-0.15, -0.1) is 0 Å². The van der Waals surface area contributed by atoms with Crippen LogP contribution in [0.25, 0.3) is 5.70 Å². The second kappa shape index (κ2) is 10.5. The molecule has 204 valence electrons. The molecule has 0 bridgehead atoms. The first kappa shape index (κ1) is 25.7. The van der Waals surface area contributed by atoms with Crippen molar-refractivity contribution in [1.29, 1.82) is 0 Å². The Morgan fingerprint density at radius 3 is 2.31 bits per heavy atom. The van der Waals surface area contributed by atoms with Crippen LogP contribution in [-0.4, -0.2) is 108 Å². The molecular formula is C29H34ClN7O2. The molecule has 2 unspecified atom stereocenters. The van der Waals surface area contributed by atoms with Gasteiger partial charge in [-0.1, -0.05) is 41.9 Å². The molecule has 0 radical (unpaired) electrons. The van der Waals surface area contributed by atoms with Gasteiger partial charge < -0.3 is 19.6 Å². The van der Waals surface area contributed by atoms with E-state index in [9.17, 15) is 9.59 Å². The quantitative estimate of drug-likeness (QED) is 0.495. The second-order valence-electron chi connectivity index (χ2n) is 10.5. The monoisotopic (exact) mass is 547 g/mol. The van der Waals surface area contributed by atoms with Crippen molar-refractivity contribution in [2.45, 2.75) is 25.0 Å². The number of unbranched alkanes of at least 4 members (excludes halogenated alkanes) is 1. The van der Waals surface area contributed by atoms with Gasteiger partial charge in [0.25, 0.3) is 5.91 Å². The molecule has 4 heterocycles. The van der Waals surface area contributed by atoms with Crippen molar-refractivity contribution in [2.75, 3.05) is 58.3 Å². The van der Waals surface area contributed by atoms with E-state index in [0.29, 0.717) is 0 Å². The van der Waals surface area contributed by atoms with Crippen LogP contribution in [0, 0.1) is 0 Å². The van der Waals surface area contributed by atoms with Crippen LogP contribution in [-0.2, 0) is 4.79 Å². The molecule has 0 aliphatic carbocycles. The minimum atomic E-state index is -0.534. The van der Waals surface area contributed by atoms with Gasteiger partial charge in [-0.05, 0) is 49.2 Å². The molecule has 2 saturated heterocycles. The van der Waals surface area contributed by atoms with Crippen LogP contribution in [0.1, 0.15) is 18.4 Å². The summed E-state index contributed by atoms with van der Waals surface area (Å²) >= 11 is 6.05. The molecule has 2 aromatic rings.